The maximum Gasteiger partial charge on any atom is 0.308 e. The normalized spacial score (nSPS) is 37.2. The Morgan fingerprint density at radius 2 is 1.19 bits per heavy atom. The minimum atomic E-state index is -0.692. The second kappa shape index (κ2) is 8.08. The van der Waals surface area contributed by atoms with Gasteiger partial charge in [-0.25, -0.2) is 0 Å². The number of carbonyl (C=O) groups is 1. The van der Waals surface area contributed by atoms with Crippen LogP contribution >= 0.6 is 0 Å². The molecule has 0 radical (unpaired) electrons. The van der Waals surface area contributed by atoms with Crippen LogP contribution in [0, 0.1) is 5.41 Å². The number of aliphatic hydroxyl groups excluding tert-OH is 3. The maximum absolute atomic E-state index is 11.3. The monoisotopic (exact) mass is 373 g/mol. The number of nitrogens with zero attached hydrogens (tertiary/aromatic N) is 3. The zero-order valence-electron chi connectivity index (χ0n) is 16.4. The molecule has 3 heterocycles. The van der Waals surface area contributed by atoms with Gasteiger partial charge in [-0.2, -0.15) is 0 Å². The van der Waals surface area contributed by atoms with Gasteiger partial charge >= 0.3 is 5.97 Å². The predicted octanol–water partition coefficient (Wildman–Crippen LogP) is -0.413. The molecule has 3 fully saturated rings. The maximum atomic E-state index is 11.3. The van der Waals surface area contributed by atoms with Crippen LogP contribution in [0.5, 0.6) is 0 Å². The lowest BCUT2D eigenvalue weighted by Crippen LogP contribution is -2.56. The quantitative estimate of drug-likeness (QED) is 0.404. The highest BCUT2D eigenvalue weighted by Crippen LogP contribution is 2.48. The van der Waals surface area contributed by atoms with Crippen molar-refractivity contribution < 1.29 is 25.2 Å². The molecule has 0 aromatic rings. The summed E-state index contributed by atoms with van der Waals surface area (Å²) in [5, 5.41) is 35.2. The largest absolute Gasteiger partial charge is 0.481 e. The van der Waals surface area contributed by atoms with Crippen molar-refractivity contribution in [2.75, 3.05) is 39.5 Å². The highest BCUT2D eigenvalue weighted by atomic mass is 16.4. The van der Waals surface area contributed by atoms with Crippen LogP contribution in [0.4, 0.5) is 0 Å². The van der Waals surface area contributed by atoms with Gasteiger partial charge < -0.3 is 20.4 Å². The topological polar surface area (TPSA) is 107 Å². The summed E-state index contributed by atoms with van der Waals surface area (Å²) in [6.07, 6.45) is 0.808. The zero-order valence-corrected chi connectivity index (χ0v) is 16.4. The molecule has 3 aliphatic rings. The van der Waals surface area contributed by atoms with Crippen molar-refractivity contribution in [2.24, 2.45) is 5.41 Å². The molecular weight excluding hydrogens is 338 g/mol. The van der Waals surface area contributed by atoms with E-state index in [1.54, 1.807) is 0 Å². The molecule has 3 rings (SSSR count). The highest BCUT2D eigenvalue weighted by Gasteiger charge is 2.65. The molecule has 0 aromatic heterocycles. The summed E-state index contributed by atoms with van der Waals surface area (Å²) in [6, 6.07) is 1.57. The Bertz CT molecular complexity index is 441. The summed E-state index contributed by atoms with van der Waals surface area (Å²) in [5.41, 5.74) is -0.667. The minimum absolute atomic E-state index is 0.156. The van der Waals surface area contributed by atoms with Crippen LogP contribution in [-0.2, 0) is 4.79 Å². The van der Waals surface area contributed by atoms with Gasteiger partial charge in [0.05, 0.1) is 26.2 Å². The van der Waals surface area contributed by atoms with Gasteiger partial charge in [0, 0.05) is 43.2 Å². The molecule has 0 spiro atoms. The number of carboxylic acids is 1. The molecular formula is C18H35N3O5. The molecule has 4 N–H and O–H groups in total. The first kappa shape index (κ1) is 21.5. The van der Waals surface area contributed by atoms with E-state index in [2.05, 4.69) is 35.5 Å². The minimum Gasteiger partial charge on any atom is -0.481 e. The summed E-state index contributed by atoms with van der Waals surface area (Å²) < 4.78 is 0. The van der Waals surface area contributed by atoms with Crippen LogP contribution in [0.1, 0.15) is 40.5 Å². The van der Waals surface area contributed by atoms with E-state index in [0.29, 0.717) is 24.5 Å². The van der Waals surface area contributed by atoms with Gasteiger partial charge in [-0.3, -0.25) is 19.5 Å². The highest BCUT2D eigenvalue weighted by molar-refractivity contribution is 5.68. The fourth-order valence-corrected chi connectivity index (χ4v) is 3.70. The van der Waals surface area contributed by atoms with Crippen molar-refractivity contribution in [2.45, 2.75) is 64.4 Å². The van der Waals surface area contributed by atoms with E-state index < -0.39 is 11.4 Å². The first-order valence-electron chi connectivity index (χ1n) is 9.56. The molecule has 3 aliphatic heterocycles. The SMILES string of the molecule is CC1CN1C(CC(=O)O)(N1CC1C)N1CC1C.CCC(CO)(CO)CO. The molecule has 0 aliphatic carbocycles. The Morgan fingerprint density at radius 3 is 1.31 bits per heavy atom. The predicted molar refractivity (Wildman–Crippen MR) is 97.5 cm³/mol. The fourth-order valence-electron chi connectivity index (χ4n) is 3.70. The molecule has 8 nitrogen and oxygen atoms in total. The van der Waals surface area contributed by atoms with E-state index in [4.69, 9.17) is 15.3 Å². The standard InChI is InChI=1S/C12H21N3O2.C6H14O3/c1-8-5-13(8)12(4-11(16)17,14-6-9(14)2)15-7-10(15)3;1-2-6(3-7,4-8)5-9/h8-10H,4-7H2,1-3H3,(H,16,17);7-9H,2-5H2,1H3. The van der Waals surface area contributed by atoms with Gasteiger partial charge in [0.15, 0.2) is 0 Å². The van der Waals surface area contributed by atoms with Crippen LogP contribution in [0.25, 0.3) is 0 Å². The molecule has 6 unspecified atom stereocenters. The molecule has 0 aromatic carbocycles. The van der Waals surface area contributed by atoms with Gasteiger partial charge in [-0.05, 0) is 27.2 Å². The second-order valence-electron chi connectivity index (χ2n) is 8.18. The molecule has 8 heteroatoms. The van der Waals surface area contributed by atoms with Gasteiger partial charge in [0.25, 0.3) is 0 Å². The van der Waals surface area contributed by atoms with Gasteiger partial charge in [0.2, 0.25) is 0 Å². The lowest BCUT2D eigenvalue weighted by molar-refractivity contribution is -0.146. The van der Waals surface area contributed by atoms with Crippen LogP contribution in [0.2, 0.25) is 0 Å². The van der Waals surface area contributed by atoms with E-state index >= 15 is 0 Å². The number of aliphatic carboxylic acids is 1. The number of aliphatic hydroxyl groups is 3. The molecule has 3 saturated heterocycles. The Morgan fingerprint density at radius 1 is 0.885 bits per heavy atom. The van der Waals surface area contributed by atoms with E-state index in [0.717, 1.165) is 19.6 Å². The molecule has 0 saturated carbocycles. The van der Waals surface area contributed by atoms with Crippen molar-refractivity contribution in [1.29, 1.82) is 0 Å². The van der Waals surface area contributed by atoms with E-state index in [1.165, 1.54) is 0 Å². The van der Waals surface area contributed by atoms with Crippen LogP contribution in [-0.4, -0.2) is 104 Å². The number of carboxylic acid groups (broad SMARTS) is 1. The Hall–Kier alpha value is -0.770. The van der Waals surface area contributed by atoms with Gasteiger partial charge in [-0.1, -0.05) is 6.92 Å². The lowest BCUT2D eigenvalue weighted by atomic mass is 9.88. The number of hydrogen-bond donors (Lipinski definition) is 4. The van der Waals surface area contributed by atoms with Crippen molar-refractivity contribution in [3.8, 4) is 0 Å². The Balaban J connectivity index is 0.000000232. The lowest BCUT2D eigenvalue weighted by Gasteiger charge is -2.39. The summed E-state index contributed by atoms with van der Waals surface area (Å²) in [7, 11) is 0. The summed E-state index contributed by atoms with van der Waals surface area (Å²) >= 11 is 0. The van der Waals surface area contributed by atoms with Crippen molar-refractivity contribution >= 4 is 5.97 Å². The fraction of sp³-hybridized carbons (Fsp3) is 0.944. The average Bonchev–Trinajstić information content (AvgIpc) is 3.52. The molecule has 152 valence electrons. The summed E-state index contributed by atoms with van der Waals surface area (Å²) in [6.45, 7) is 11.0. The summed E-state index contributed by atoms with van der Waals surface area (Å²) in [4.78, 5) is 18.3. The van der Waals surface area contributed by atoms with Crippen LogP contribution < -0.4 is 0 Å². The van der Waals surface area contributed by atoms with Crippen molar-refractivity contribution in [1.82, 2.24) is 14.7 Å². The van der Waals surface area contributed by atoms with Gasteiger partial charge in [-0.15, -0.1) is 0 Å². The first-order valence-corrected chi connectivity index (χ1v) is 9.56. The third-order valence-corrected chi connectivity index (χ3v) is 6.10. The molecule has 0 bridgehead atoms. The van der Waals surface area contributed by atoms with Gasteiger partial charge in [0.1, 0.15) is 5.79 Å². The van der Waals surface area contributed by atoms with E-state index in [-0.39, 0.29) is 32.0 Å². The van der Waals surface area contributed by atoms with Crippen LogP contribution in [0.3, 0.4) is 0 Å². The third-order valence-electron chi connectivity index (χ3n) is 6.10. The molecule has 0 amide bonds. The molecule has 26 heavy (non-hydrogen) atoms. The Kier molecular flexibility index (Phi) is 6.69. The van der Waals surface area contributed by atoms with Crippen molar-refractivity contribution in [3.05, 3.63) is 0 Å². The number of hydrogen-bond acceptors (Lipinski definition) is 7. The Labute approximate surface area is 156 Å². The first-order chi connectivity index (χ1) is 12.2. The van der Waals surface area contributed by atoms with E-state index in [1.807, 2.05) is 6.92 Å². The smallest absolute Gasteiger partial charge is 0.308 e. The second-order valence-corrected chi connectivity index (χ2v) is 8.18. The summed E-state index contributed by atoms with van der Waals surface area (Å²) in [5.74, 6) is -1.02. The average molecular weight is 373 g/mol. The van der Waals surface area contributed by atoms with Crippen LogP contribution in [0.15, 0.2) is 0 Å². The van der Waals surface area contributed by atoms with E-state index in [9.17, 15) is 9.90 Å². The zero-order chi connectivity index (χ0) is 19.7. The third kappa shape index (κ3) is 4.21. The molecule has 6 atom stereocenters. The van der Waals surface area contributed by atoms with Crippen molar-refractivity contribution in [3.63, 3.8) is 0 Å². The number of rotatable bonds is 9.